The van der Waals surface area contributed by atoms with Crippen LogP contribution in [0, 0.1) is 34.5 Å². The van der Waals surface area contributed by atoms with Gasteiger partial charge in [0, 0.05) is 28.7 Å². The van der Waals surface area contributed by atoms with Gasteiger partial charge in [0.25, 0.3) is 0 Å². The number of nitrogens with two attached hydrogens (primary N) is 1. The maximum atomic E-state index is 13.2. The lowest BCUT2D eigenvalue weighted by molar-refractivity contribution is -0.129. The summed E-state index contributed by atoms with van der Waals surface area (Å²) in [6, 6.07) is 7.67. The fourth-order valence-electron chi connectivity index (χ4n) is 7.56. The lowest BCUT2D eigenvalue weighted by Crippen LogP contribution is -2.59. The van der Waals surface area contributed by atoms with E-state index in [0.29, 0.717) is 23.4 Å². The molecular weight excluding hydrogens is 374 g/mol. The molecule has 0 saturated heterocycles. The molecule has 30 heavy (non-hydrogen) atoms. The Morgan fingerprint density at radius 3 is 2.60 bits per heavy atom. The number of anilines is 2. The second-order valence-electron chi connectivity index (χ2n) is 10.5. The van der Waals surface area contributed by atoms with Crippen LogP contribution in [0.5, 0.6) is 0 Å². The minimum atomic E-state index is 0.0441. The minimum absolute atomic E-state index is 0.0441. The molecule has 7 atom stereocenters. The van der Waals surface area contributed by atoms with Gasteiger partial charge in [0.1, 0.15) is 0 Å². The van der Waals surface area contributed by atoms with Gasteiger partial charge in [-0.25, -0.2) is 0 Å². The van der Waals surface area contributed by atoms with Gasteiger partial charge in [0.2, 0.25) is 11.8 Å². The average molecular weight is 408 g/mol. The highest BCUT2D eigenvalue weighted by atomic mass is 16.2. The summed E-state index contributed by atoms with van der Waals surface area (Å²) in [5.41, 5.74) is 7.41. The molecule has 5 unspecified atom stereocenters. The van der Waals surface area contributed by atoms with Crippen LogP contribution in [-0.4, -0.2) is 17.9 Å². The molecule has 1 aromatic rings. The monoisotopic (exact) mass is 407 g/mol. The van der Waals surface area contributed by atoms with Crippen LogP contribution in [0.15, 0.2) is 36.4 Å². The number of nitrogens with one attached hydrogen (secondary N) is 2. The van der Waals surface area contributed by atoms with Gasteiger partial charge in [-0.2, -0.15) is 0 Å². The molecule has 0 bridgehead atoms. The molecule has 3 fully saturated rings. The summed E-state index contributed by atoms with van der Waals surface area (Å²) < 4.78 is 0. The van der Waals surface area contributed by atoms with Crippen molar-refractivity contribution < 1.29 is 9.59 Å². The molecule has 2 amide bonds. The third-order valence-corrected chi connectivity index (χ3v) is 9.18. The fraction of sp³-hybridized carbons (Fsp3) is 0.600. The maximum Gasteiger partial charge on any atom is 0.243 e. The summed E-state index contributed by atoms with van der Waals surface area (Å²) in [7, 11) is 0. The molecule has 3 aliphatic carbocycles. The number of hydrogen-bond donors (Lipinski definition) is 3. The van der Waals surface area contributed by atoms with Crippen LogP contribution in [-0.2, 0) is 9.59 Å². The number of rotatable bonds is 2. The summed E-state index contributed by atoms with van der Waals surface area (Å²) >= 11 is 0. The zero-order valence-electron chi connectivity index (χ0n) is 18.0. The normalized spacial score (nSPS) is 41.9. The van der Waals surface area contributed by atoms with Crippen molar-refractivity contribution in [2.45, 2.75) is 58.4 Å². The molecule has 5 nitrogen and oxygen atoms in total. The first-order valence-corrected chi connectivity index (χ1v) is 11.5. The molecule has 1 aliphatic heterocycles. The molecule has 0 spiro atoms. The van der Waals surface area contributed by atoms with Crippen LogP contribution >= 0.6 is 0 Å². The van der Waals surface area contributed by atoms with Gasteiger partial charge in [-0.1, -0.05) is 19.9 Å². The lowest BCUT2D eigenvalue weighted by atomic mass is 9.48. The van der Waals surface area contributed by atoms with Crippen LogP contribution in [0.3, 0.4) is 0 Å². The van der Waals surface area contributed by atoms with E-state index in [4.69, 9.17) is 5.73 Å². The highest BCUT2D eigenvalue weighted by Crippen LogP contribution is 2.65. The minimum Gasteiger partial charge on any atom is -0.399 e. The van der Waals surface area contributed by atoms with Crippen molar-refractivity contribution in [1.82, 2.24) is 5.32 Å². The van der Waals surface area contributed by atoms with Crippen LogP contribution in [0.1, 0.15) is 52.4 Å². The van der Waals surface area contributed by atoms with E-state index in [1.807, 2.05) is 24.3 Å². The van der Waals surface area contributed by atoms with Crippen molar-refractivity contribution in [2.24, 2.45) is 34.5 Å². The van der Waals surface area contributed by atoms with E-state index in [2.05, 4.69) is 30.6 Å². The van der Waals surface area contributed by atoms with Crippen LogP contribution in [0.2, 0.25) is 0 Å². The van der Waals surface area contributed by atoms with Crippen molar-refractivity contribution in [3.8, 4) is 0 Å². The van der Waals surface area contributed by atoms with E-state index >= 15 is 0 Å². The zero-order valence-corrected chi connectivity index (χ0v) is 18.0. The zero-order chi connectivity index (χ0) is 21.1. The Morgan fingerprint density at radius 2 is 1.83 bits per heavy atom. The predicted octanol–water partition coefficient (Wildman–Crippen LogP) is 4.12. The SMILES string of the molecule is C[C@]12C=CC(=O)NC1CCC1C2CC[C@]2(C)C(C(=O)Nc3ccc(N)cc3)CCC12. The number of carbonyl (C=O) groups excluding carboxylic acids is 2. The average Bonchev–Trinajstić information content (AvgIpc) is 3.07. The van der Waals surface area contributed by atoms with Gasteiger partial charge < -0.3 is 16.4 Å². The van der Waals surface area contributed by atoms with Gasteiger partial charge >= 0.3 is 0 Å². The van der Waals surface area contributed by atoms with Gasteiger partial charge in [0.05, 0.1) is 0 Å². The maximum absolute atomic E-state index is 13.2. The predicted molar refractivity (Wildman–Crippen MR) is 118 cm³/mol. The lowest BCUT2D eigenvalue weighted by Gasteiger charge is -2.58. The Balaban J connectivity index is 1.36. The molecule has 0 radical (unpaired) electrons. The quantitative estimate of drug-likeness (QED) is 0.645. The van der Waals surface area contributed by atoms with Crippen LogP contribution in [0.25, 0.3) is 0 Å². The van der Waals surface area contributed by atoms with Crippen LogP contribution < -0.4 is 16.4 Å². The number of benzene rings is 1. The van der Waals surface area contributed by atoms with E-state index in [9.17, 15) is 9.59 Å². The summed E-state index contributed by atoms with van der Waals surface area (Å²) in [5, 5.41) is 6.37. The summed E-state index contributed by atoms with van der Waals surface area (Å²) in [4.78, 5) is 25.1. The number of carbonyl (C=O) groups is 2. The highest BCUT2D eigenvalue weighted by Gasteiger charge is 2.60. The Labute approximate surface area is 178 Å². The molecule has 3 saturated carbocycles. The number of fused-ring (bicyclic) bond motifs is 5. The van der Waals surface area contributed by atoms with Crippen molar-refractivity contribution in [3.63, 3.8) is 0 Å². The number of amides is 2. The fourth-order valence-corrected chi connectivity index (χ4v) is 7.56. The number of hydrogen-bond acceptors (Lipinski definition) is 3. The number of nitrogen functional groups attached to an aromatic ring is 1. The molecule has 4 N–H and O–H groups in total. The van der Waals surface area contributed by atoms with Gasteiger partial charge in [-0.15, -0.1) is 0 Å². The summed E-state index contributed by atoms with van der Waals surface area (Å²) in [6.45, 7) is 4.70. The van der Waals surface area contributed by atoms with E-state index < -0.39 is 0 Å². The molecule has 160 valence electrons. The smallest absolute Gasteiger partial charge is 0.243 e. The second kappa shape index (κ2) is 6.86. The first-order valence-electron chi connectivity index (χ1n) is 11.5. The Bertz CT molecular complexity index is 894. The van der Waals surface area contributed by atoms with Crippen molar-refractivity contribution in [3.05, 3.63) is 36.4 Å². The molecular formula is C25H33N3O2. The van der Waals surface area contributed by atoms with Crippen molar-refractivity contribution in [1.29, 1.82) is 0 Å². The van der Waals surface area contributed by atoms with E-state index in [-0.39, 0.29) is 34.6 Å². The van der Waals surface area contributed by atoms with E-state index in [1.54, 1.807) is 6.08 Å². The molecule has 1 aromatic carbocycles. The first kappa shape index (κ1) is 19.7. The highest BCUT2D eigenvalue weighted by molar-refractivity contribution is 5.93. The van der Waals surface area contributed by atoms with Gasteiger partial charge in [-0.05, 0) is 92.0 Å². The second-order valence-corrected chi connectivity index (χ2v) is 10.5. The Morgan fingerprint density at radius 1 is 1.07 bits per heavy atom. The molecule has 4 aliphatic rings. The summed E-state index contributed by atoms with van der Waals surface area (Å²) in [6.07, 6.45) is 10.5. The Kier molecular flexibility index (Phi) is 4.49. The van der Waals surface area contributed by atoms with E-state index in [0.717, 1.165) is 44.2 Å². The molecule has 1 heterocycles. The largest absolute Gasteiger partial charge is 0.399 e. The standard InChI is InChI=1S/C25H33N3O2/c1-24-13-11-19-17(7-10-21-25(19,2)14-12-22(29)28-21)18(24)8-9-20(24)23(30)27-16-5-3-15(26)4-6-16/h3-6,12,14,17-21H,7-11,13,26H2,1-2H3,(H,27,30)(H,28,29)/t17?,18?,19?,20?,21?,24-,25+/m0/s1. The Hall–Kier alpha value is -2.30. The molecule has 5 rings (SSSR count). The molecule has 0 aromatic heterocycles. The van der Waals surface area contributed by atoms with Gasteiger partial charge in [-0.3, -0.25) is 9.59 Å². The van der Waals surface area contributed by atoms with Crippen molar-refractivity contribution in [2.75, 3.05) is 11.1 Å². The molecule has 5 heteroatoms. The van der Waals surface area contributed by atoms with E-state index in [1.165, 1.54) is 0 Å². The third kappa shape index (κ3) is 2.89. The first-order chi connectivity index (χ1) is 14.3. The summed E-state index contributed by atoms with van der Waals surface area (Å²) in [5.74, 6) is 2.09. The third-order valence-electron chi connectivity index (χ3n) is 9.18. The topological polar surface area (TPSA) is 84.2 Å². The van der Waals surface area contributed by atoms with Gasteiger partial charge in [0.15, 0.2) is 0 Å². The van der Waals surface area contributed by atoms with Crippen molar-refractivity contribution >= 4 is 23.2 Å². The van der Waals surface area contributed by atoms with Crippen LogP contribution in [0.4, 0.5) is 11.4 Å².